The van der Waals surface area contributed by atoms with E-state index in [2.05, 4.69) is 15.3 Å². The highest BCUT2D eigenvalue weighted by atomic mass is 19.4. The Morgan fingerprint density at radius 2 is 1.79 bits per heavy atom. The van der Waals surface area contributed by atoms with Gasteiger partial charge in [0.1, 0.15) is 17.1 Å². The number of aromatic amines is 1. The van der Waals surface area contributed by atoms with Crippen molar-refractivity contribution in [1.82, 2.24) is 9.97 Å². The van der Waals surface area contributed by atoms with Crippen LogP contribution < -0.4 is 10.1 Å². The van der Waals surface area contributed by atoms with Gasteiger partial charge in [0.2, 0.25) is 0 Å². The number of pyridine rings is 1. The number of carbonyl (C=O) groups excluding carboxylic acids is 1. The minimum atomic E-state index is -4.68. The third-order valence-electron chi connectivity index (χ3n) is 4.22. The van der Waals surface area contributed by atoms with E-state index in [0.717, 1.165) is 6.07 Å². The Morgan fingerprint density at radius 1 is 1.00 bits per heavy atom. The van der Waals surface area contributed by atoms with Crippen LogP contribution in [0.15, 0.2) is 73.1 Å². The zero-order valence-electron chi connectivity index (χ0n) is 14.8. The number of fused-ring (bicyclic) bond motifs is 1. The third-order valence-corrected chi connectivity index (χ3v) is 4.22. The van der Waals surface area contributed by atoms with E-state index in [1.807, 2.05) is 0 Å². The zero-order chi connectivity index (χ0) is 20.4. The number of ether oxygens (including phenoxy) is 1. The second-order valence-corrected chi connectivity index (χ2v) is 6.18. The van der Waals surface area contributed by atoms with Crippen molar-refractivity contribution < 1.29 is 22.7 Å². The second kappa shape index (κ2) is 7.31. The Labute approximate surface area is 163 Å². The van der Waals surface area contributed by atoms with Crippen molar-refractivity contribution >= 4 is 22.6 Å². The maximum Gasteiger partial charge on any atom is 0.418 e. The Kier molecular flexibility index (Phi) is 4.67. The molecule has 0 unspecified atom stereocenters. The quantitative estimate of drug-likeness (QED) is 0.469. The van der Waals surface area contributed by atoms with Crippen LogP contribution in [0.25, 0.3) is 11.0 Å². The Bertz CT molecular complexity index is 1170. The van der Waals surface area contributed by atoms with Crippen LogP contribution in [0.3, 0.4) is 0 Å². The van der Waals surface area contributed by atoms with Gasteiger partial charge in [-0.25, -0.2) is 4.98 Å². The lowest BCUT2D eigenvalue weighted by Gasteiger charge is -2.15. The molecule has 2 N–H and O–H groups in total. The number of hydrogen-bond donors (Lipinski definition) is 2. The van der Waals surface area contributed by atoms with Gasteiger partial charge in [0, 0.05) is 17.8 Å². The minimum absolute atomic E-state index is 0.0119. The van der Waals surface area contributed by atoms with E-state index in [1.54, 1.807) is 48.7 Å². The first-order valence-electron chi connectivity index (χ1n) is 8.59. The van der Waals surface area contributed by atoms with Gasteiger partial charge >= 0.3 is 6.18 Å². The average Bonchev–Trinajstić information content (AvgIpc) is 3.13. The molecule has 4 rings (SSSR count). The van der Waals surface area contributed by atoms with Gasteiger partial charge in [-0.15, -0.1) is 0 Å². The largest absolute Gasteiger partial charge is 0.457 e. The maximum absolute atomic E-state index is 13.6. The van der Waals surface area contributed by atoms with E-state index >= 15 is 0 Å². The molecule has 0 aliphatic heterocycles. The number of nitrogens with zero attached hydrogens (tertiary/aromatic N) is 1. The molecule has 0 atom stereocenters. The molecule has 0 aliphatic carbocycles. The molecule has 1 amide bonds. The third kappa shape index (κ3) is 3.91. The van der Waals surface area contributed by atoms with Crippen molar-refractivity contribution in [2.45, 2.75) is 6.18 Å². The van der Waals surface area contributed by atoms with Crippen LogP contribution in [0.1, 0.15) is 15.9 Å². The van der Waals surface area contributed by atoms with Gasteiger partial charge in [-0.1, -0.05) is 18.2 Å². The van der Waals surface area contributed by atoms with Gasteiger partial charge in [-0.3, -0.25) is 4.79 Å². The van der Waals surface area contributed by atoms with Gasteiger partial charge in [0.15, 0.2) is 0 Å². The molecule has 0 saturated heterocycles. The van der Waals surface area contributed by atoms with Gasteiger partial charge in [-0.2, -0.15) is 13.2 Å². The summed E-state index contributed by atoms with van der Waals surface area (Å²) in [5.74, 6) is -0.256. The van der Waals surface area contributed by atoms with Gasteiger partial charge in [0.05, 0.1) is 16.8 Å². The predicted molar refractivity (Wildman–Crippen MR) is 102 cm³/mol. The van der Waals surface area contributed by atoms with Crippen LogP contribution in [0.5, 0.6) is 11.5 Å². The first kappa shape index (κ1) is 18.5. The number of carbonyl (C=O) groups is 1. The number of rotatable bonds is 4. The average molecular weight is 397 g/mol. The maximum atomic E-state index is 13.6. The van der Waals surface area contributed by atoms with E-state index in [-0.39, 0.29) is 17.0 Å². The molecule has 146 valence electrons. The lowest BCUT2D eigenvalue weighted by atomic mass is 10.1. The predicted octanol–water partition coefficient (Wildman–Crippen LogP) is 5.63. The second-order valence-electron chi connectivity index (χ2n) is 6.18. The number of hydrogen-bond acceptors (Lipinski definition) is 3. The Balaban J connectivity index is 1.65. The van der Waals surface area contributed by atoms with Crippen LogP contribution in [0, 0.1) is 0 Å². The summed E-state index contributed by atoms with van der Waals surface area (Å²) in [4.78, 5) is 19.5. The summed E-state index contributed by atoms with van der Waals surface area (Å²) in [5, 5.41) is 2.86. The number of anilines is 1. The highest BCUT2D eigenvalue weighted by Crippen LogP contribution is 2.38. The Morgan fingerprint density at radius 3 is 2.55 bits per heavy atom. The molecular weight excluding hydrogens is 383 g/mol. The smallest absolute Gasteiger partial charge is 0.418 e. The van der Waals surface area contributed by atoms with E-state index in [1.165, 1.54) is 18.3 Å². The van der Waals surface area contributed by atoms with E-state index < -0.39 is 17.6 Å². The van der Waals surface area contributed by atoms with Crippen molar-refractivity contribution in [1.29, 1.82) is 0 Å². The van der Waals surface area contributed by atoms with Crippen LogP contribution >= 0.6 is 0 Å². The molecule has 0 saturated carbocycles. The molecule has 2 heterocycles. The number of benzene rings is 2. The van der Waals surface area contributed by atoms with Crippen molar-refractivity contribution in [3.63, 3.8) is 0 Å². The van der Waals surface area contributed by atoms with Crippen molar-refractivity contribution in [3.05, 3.63) is 84.2 Å². The molecule has 0 radical (unpaired) electrons. The van der Waals surface area contributed by atoms with Gasteiger partial charge in [-0.05, 0) is 42.5 Å². The zero-order valence-corrected chi connectivity index (χ0v) is 14.8. The highest BCUT2D eigenvalue weighted by Gasteiger charge is 2.35. The van der Waals surface area contributed by atoms with E-state index in [4.69, 9.17) is 4.74 Å². The molecular formula is C21H14F3N3O2. The molecule has 4 aromatic rings. The first-order valence-corrected chi connectivity index (χ1v) is 8.59. The summed E-state index contributed by atoms with van der Waals surface area (Å²) >= 11 is 0. The normalized spacial score (nSPS) is 11.4. The molecule has 0 fully saturated rings. The number of aromatic nitrogens is 2. The van der Waals surface area contributed by atoms with Crippen LogP contribution in [0.4, 0.5) is 18.9 Å². The minimum Gasteiger partial charge on any atom is -0.457 e. The summed E-state index contributed by atoms with van der Waals surface area (Å²) < 4.78 is 46.2. The molecule has 0 spiro atoms. The summed E-state index contributed by atoms with van der Waals surface area (Å²) in [6, 6.07) is 15.2. The standard InChI is InChI=1S/C21H14F3N3O2/c22-21(23,24)17-11-14(29-13-5-2-1-3-6-13)8-9-18(17)27-20(28)16-12-26-19-15(16)7-4-10-25-19/h1-12H,(H,25,26)(H,27,28). The monoisotopic (exact) mass is 397 g/mol. The molecule has 0 aliphatic rings. The molecule has 5 nitrogen and oxygen atoms in total. The van der Waals surface area contributed by atoms with Crippen molar-refractivity contribution in [2.75, 3.05) is 5.32 Å². The highest BCUT2D eigenvalue weighted by molar-refractivity contribution is 6.12. The molecule has 8 heteroatoms. The van der Waals surface area contributed by atoms with Crippen LogP contribution in [0.2, 0.25) is 0 Å². The Hall–Kier alpha value is -3.81. The summed E-state index contributed by atoms with van der Waals surface area (Å²) in [6.07, 6.45) is -1.72. The first-order chi connectivity index (χ1) is 13.9. The molecule has 29 heavy (non-hydrogen) atoms. The van der Waals surface area contributed by atoms with E-state index in [9.17, 15) is 18.0 Å². The fourth-order valence-electron chi connectivity index (χ4n) is 2.89. The van der Waals surface area contributed by atoms with Crippen molar-refractivity contribution in [3.8, 4) is 11.5 Å². The fourth-order valence-corrected chi connectivity index (χ4v) is 2.89. The number of para-hydroxylation sites is 1. The van der Waals surface area contributed by atoms with Crippen LogP contribution in [-0.2, 0) is 6.18 Å². The van der Waals surface area contributed by atoms with Gasteiger partial charge in [0.25, 0.3) is 5.91 Å². The summed E-state index contributed by atoms with van der Waals surface area (Å²) in [6.45, 7) is 0. The number of alkyl halides is 3. The fraction of sp³-hybridized carbons (Fsp3) is 0.0476. The summed E-state index contributed by atoms with van der Waals surface area (Å²) in [5.41, 5.74) is -0.690. The molecule has 0 bridgehead atoms. The lowest BCUT2D eigenvalue weighted by Crippen LogP contribution is -2.16. The SMILES string of the molecule is O=C(Nc1ccc(Oc2ccccc2)cc1C(F)(F)F)c1c[nH]c2ncccc12. The summed E-state index contributed by atoms with van der Waals surface area (Å²) in [7, 11) is 0. The number of nitrogens with one attached hydrogen (secondary N) is 2. The number of H-pyrrole nitrogens is 1. The number of amides is 1. The lowest BCUT2D eigenvalue weighted by molar-refractivity contribution is -0.137. The van der Waals surface area contributed by atoms with Crippen LogP contribution in [-0.4, -0.2) is 15.9 Å². The van der Waals surface area contributed by atoms with E-state index in [0.29, 0.717) is 16.8 Å². The van der Waals surface area contributed by atoms with Crippen molar-refractivity contribution in [2.24, 2.45) is 0 Å². The molecule has 2 aromatic carbocycles. The number of halogens is 3. The van der Waals surface area contributed by atoms with Gasteiger partial charge < -0.3 is 15.0 Å². The topological polar surface area (TPSA) is 67.0 Å². The molecule has 2 aromatic heterocycles.